The van der Waals surface area contributed by atoms with Gasteiger partial charge in [0, 0.05) is 29.6 Å². The molecule has 5 heterocycles. The van der Waals surface area contributed by atoms with E-state index in [9.17, 15) is 0 Å². The monoisotopic (exact) mass is 957 g/mol. The minimum Gasteiger partial charge on any atom is -0.458 e. The molecule has 4 aromatic heterocycles. The van der Waals surface area contributed by atoms with E-state index < -0.39 is 14.2 Å². The van der Waals surface area contributed by atoms with E-state index in [0.29, 0.717) is 16.9 Å². The Morgan fingerprint density at radius 2 is 1.27 bits per heavy atom. The SMILES string of the molecule is FC(c1[c-]c2c(cc1)c1ccccc1n1ccnc21)c1[c-]c2c(cc1)c1c3c(ccc1n2-c1ccccn1)[Si](c1ccccc1)(c1ccccc1)c1ccccc1O3.[Pt+2]. The van der Waals surface area contributed by atoms with Gasteiger partial charge in [0.05, 0.1) is 5.65 Å². The smallest absolute Gasteiger partial charge is 0.458 e. The van der Waals surface area contributed by atoms with Gasteiger partial charge in [0.15, 0.2) is 8.07 Å². The summed E-state index contributed by atoms with van der Waals surface area (Å²) in [5.74, 6) is 2.37. The molecule has 0 radical (unpaired) electrons. The molecule has 1 unspecified atom stereocenters. The summed E-state index contributed by atoms with van der Waals surface area (Å²) in [6, 6.07) is 63.4. The molecule has 5 nitrogen and oxygen atoms in total. The largest absolute Gasteiger partial charge is 2.00 e. The maximum absolute atomic E-state index is 17.1. The third kappa shape index (κ3) is 5.11. The van der Waals surface area contributed by atoms with Gasteiger partial charge in [0.2, 0.25) is 0 Å². The van der Waals surface area contributed by atoms with Crippen molar-refractivity contribution in [2.75, 3.05) is 0 Å². The second kappa shape index (κ2) is 13.7. The zero-order valence-electron chi connectivity index (χ0n) is 31.3. The number of fused-ring (bicyclic) bond motifs is 12. The summed E-state index contributed by atoms with van der Waals surface area (Å²) < 4.78 is 28.4. The summed E-state index contributed by atoms with van der Waals surface area (Å²) in [7, 11) is -2.91. The summed E-state index contributed by atoms with van der Waals surface area (Å²) in [6.45, 7) is 0. The van der Waals surface area contributed by atoms with E-state index in [0.717, 1.165) is 65.8 Å². The van der Waals surface area contributed by atoms with Crippen LogP contribution in [0, 0.1) is 12.1 Å². The summed E-state index contributed by atoms with van der Waals surface area (Å²) in [4.78, 5) is 9.47. The van der Waals surface area contributed by atoms with Gasteiger partial charge in [0.25, 0.3) is 0 Å². The number of hydrogen-bond acceptors (Lipinski definition) is 3. The number of nitrogens with zero attached hydrogens (tertiary/aromatic N) is 4. The van der Waals surface area contributed by atoms with E-state index in [1.807, 2.05) is 71.3 Å². The Balaban J connectivity index is 0.00000397. The molecule has 1 aliphatic rings. The number of hydrogen-bond donors (Lipinski definition) is 0. The van der Waals surface area contributed by atoms with E-state index in [4.69, 9.17) is 9.72 Å². The van der Waals surface area contributed by atoms with E-state index in [2.05, 4.69) is 125 Å². The fourth-order valence-electron chi connectivity index (χ4n) is 9.39. The molecule has 0 amide bonds. The Bertz CT molecular complexity index is 3370. The van der Waals surface area contributed by atoms with Crippen molar-refractivity contribution in [3.8, 4) is 17.3 Å². The van der Waals surface area contributed by atoms with Crippen LogP contribution in [0.5, 0.6) is 11.5 Å². The summed E-state index contributed by atoms with van der Waals surface area (Å²) in [5, 5.41) is 9.58. The van der Waals surface area contributed by atoms with Crippen LogP contribution in [0.1, 0.15) is 17.3 Å². The van der Waals surface area contributed by atoms with Crippen LogP contribution < -0.4 is 25.5 Å². The van der Waals surface area contributed by atoms with Gasteiger partial charge in [-0.25, -0.2) is 9.37 Å². The van der Waals surface area contributed by atoms with Gasteiger partial charge in [0.1, 0.15) is 23.5 Å². The van der Waals surface area contributed by atoms with E-state index in [1.54, 1.807) is 12.4 Å². The van der Waals surface area contributed by atoms with E-state index in [-0.39, 0.29) is 21.1 Å². The third-order valence-corrected chi connectivity index (χ3v) is 16.7. The Morgan fingerprint density at radius 1 is 0.576 bits per heavy atom. The zero-order valence-corrected chi connectivity index (χ0v) is 34.6. The number of pyridine rings is 2. The van der Waals surface area contributed by atoms with Crippen LogP contribution in [0.15, 0.2) is 182 Å². The molecule has 11 aromatic rings. The van der Waals surface area contributed by atoms with Crippen molar-refractivity contribution in [1.29, 1.82) is 0 Å². The van der Waals surface area contributed by atoms with Crippen LogP contribution in [0.3, 0.4) is 0 Å². The van der Waals surface area contributed by atoms with Crippen LogP contribution in [0.2, 0.25) is 0 Å². The second-order valence-corrected chi connectivity index (χ2v) is 18.6. The van der Waals surface area contributed by atoms with Crippen molar-refractivity contribution < 1.29 is 30.2 Å². The molecule has 0 spiro atoms. The van der Waals surface area contributed by atoms with E-state index >= 15 is 4.39 Å². The Kier molecular flexibility index (Phi) is 8.26. The predicted molar refractivity (Wildman–Crippen MR) is 233 cm³/mol. The number of halogens is 1. The fraction of sp³-hybridized carbons (Fsp3) is 0.0196. The predicted octanol–water partition coefficient (Wildman–Crippen LogP) is 9.27. The average molecular weight is 958 g/mol. The zero-order chi connectivity index (χ0) is 38.4. The molecule has 0 saturated heterocycles. The molecule has 1 aliphatic heterocycles. The maximum atomic E-state index is 17.1. The molecule has 0 saturated carbocycles. The molecular weight excluding hydrogens is 927 g/mol. The number of alkyl halides is 1. The van der Waals surface area contributed by atoms with Crippen LogP contribution in [0.4, 0.5) is 4.39 Å². The van der Waals surface area contributed by atoms with Crippen molar-refractivity contribution in [2.24, 2.45) is 0 Å². The molecule has 12 rings (SSSR count). The molecular formula is C51H31FN4OPtSi. The van der Waals surface area contributed by atoms with Gasteiger partial charge >= 0.3 is 21.1 Å². The topological polar surface area (TPSA) is 44.4 Å². The third-order valence-electron chi connectivity index (χ3n) is 11.8. The van der Waals surface area contributed by atoms with Gasteiger partial charge in [-0.1, -0.05) is 136 Å². The first-order chi connectivity index (χ1) is 28.7. The number of benzene rings is 7. The molecule has 0 fully saturated rings. The van der Waals surface area contributed by atoms with Crippen LogP contribution >= 0.6 is 0 Å². The van der Waals surface area contributed by atoms with Crippen molar-refractivity contribution >= 4 is 77.9 Å². The molecule has 282 valence electrons. The van der Waals surface area contributed by atoms with Crippen LogP contribution in [0.25, 0.3) is 54.9 Å². The Labute approximate surface area is 354 Å². The molecule has 1 atom stereocenters. The normalized spacial score (nSPS) is 13.6. The molecule has 0 aliphatic carbocycles. The van der Waals surface area contributed by atoms with Crippen LogP contribution in [-0.2, 0) is 21.1 Å². The Morgan fingerprint density at radius 3 is 2.05 bits per heavy atom. The van der Waals surface area contributed by atoms with Gasteiger partial charge < -0.3 is 13.7 Å². The molecule has 8 heteroatoms. The molecule has 0 bridgehead atoms. The molecule has 7 aromatic carbocycles. The quantitative estimate of drug-likeness (QED) is 0.0983. The van der Waals surface area contributed by atoms with Gasteiger partial charge in [-0.3, -0.25) is 4.98 Å². The fourth-order valence-corrected chi connectivity index (χ4v) is 14.3. The van der Waals surface area contributed by atoms with Crippen molar-refractivity contribution in [2.45, 2.75) is 6.17 Å². The first kappa shape index (κ1) is 35.5. The van der Waals surface area contributed by atoms with Gasteiger partial charge in [-0.2, -0.15) is 18.2 Å². The van der Waals surface area contributed by atoms with Crippen molar-refractivity contribution in [1.82, 2.24) is 18.9 Å². The van der Waals surface area contributed by atoms with Crippen LogP contribution in [-0.4, -0.2) is 27.0 Å². The number of ether oxygens (including phenoxy) is 1. The minimum atomic E-state index is -2.91. The summed E-state index contributed by atoms with van der Waals surface area (Å²) in [6.07, 6.45) is 4.00. The average Bonchev–Trinajstić information content (AvgIpc) is 3.93. The number of imidazole rings is 1. The molecule has 59 heavy (non-hydrogen) atoms. The second-order valence-electron chi connectivity index (χ2n) is 14.8. The summed E-state index contributed by atoms with van der Waals surface area (Å²) in [5.41, 5.74) is 4.24. The minimum absolute atomic E-state index is 0. The standard InChI is InChI=1S/C51H31FN4OSi.Pt/c52-49(33-22-24-37-38-17-7-8-18-41(38)55-30-29-54-51(55)40(37)31-33)34-23-25-39-43(32-34)56(47-21-11-12-28-53-47)42-26-27-46-50(48(39)42)57-44-19-9-10-20-45(44)58(46,35-13-3-1-4-14-35)36-15-5-2-6-16-36;/h1-30,49H;/q-2;+2. The van der Waals surface area contributed by atoms with Gasteiger partial charge in [-0.05, 0) is 61.9 Å². The Hall–Kier alpha value is -6.66. The van der Waals surface area contributed by atoms with Gasteiger partial charge in [-0.15, -0.1) is 23.8 Å². The summed E-state index contributed by atoms with van der Waals surface area (Å²) >= 11 is 0. The van der Waals surface area contributed by atoms with E-state index in [1.165, 1.54) is 15.6 Å². The van der Waals surface area contributed by atoms with Crippen molar-refractivity contribution in [3.63, 3.8) is 0 Å². The van der Waals surface area contributed by atoms with Crippen molar-refractivity contribution in [3.05, 3.63) is 206 Å². The number of rotatable bonds is 5. The number of para-hydroxylation sites is 2. The molecule has 0 N–H and O–H groups in total. The maximum Gasteiger partial charge on any atom is 2.00 e. The number of aromatic nitrogens is 4. The first-order valence-electron chi connectivity index (χ1n) is 19.4. The first-order valence-corrected chi connectivity index (χ1v) is 21.4.